The first-order valence-corrected chi connectivity index (χ1v) is 8.28. The van der Waals surface area contributed by atoms with Gasteiger partial charge in [0.25, 0.3) is 5.69 Å². The maximum Gasteiger partial charge on any atom is 0.272 e. The Bertz CT molecular complexity index is 438. The molecule has 0 spiro atoms. The molecule has 5 heteroatoms. The highest BCUT2D eigenvalue weighted by Gasteiger charge is 2.11. The molecule has 1 aromatic carbocycles. The predicted molar refractivity (Wildman–Crippen MR) is 92.5 cm³/mol. The van der Waals surface area contributed by atoms with Gasteiger partial charge in [0.2, 0.25) is 0 Å². The largest absolute Gasteiger partial charge is 0.374 e. The van der Waals surface area contributed by atoms with Crippen molar-refractivity contribution in [2.45, 2.75) is 45.4 Å². The van der Waals surface area contributed by atoms with Crippen molar-refractivity contribution in [1.29, 1.82) is 0 Å². The van der Waals surface area contributed by atoms with Crippen LogP contribution in [0.1, 0.15) is 45.4 Å². The van der Waals surface area contributed by atoms with Crippen LogP contribution >= 0.6 is 22.6 Å². The molecule has 0 aromatic heterocycles. The van der Waals surface area contributed by atoms with Crippen molar-refractivity contribution >= 4 is 34.0 Å². The summed E-state index contributed by atoms with van der Waals surface area (Å²) < 4.78 is 0.904. The lowest BCUT2D eigenvalue weighted by Gasteiger charge is -2.19. The highest BCUT2D eigenvalue weighted by Crippen LogP contribution is 2.24. The second-order valence-electron chi connectivity index (χ2n) is 5.11. The van der Waals surface area contributed by atoms with Gasteiger partial charge >= 0.3 is 0 Å². The number of benzene rings is 1. The van der Waals surface area contributed by atoms with E-state index in [2.05, 4.69) is 34.4 Å². The lowest BCUT2D eigenvalue weighted by Crippen LogP contribution is -2.18. The zero-order valence-corrected chi connectivity index (χ0v) is 14.4. The van der Waals surface area contributed by atoms with Gasteiger partial charge in [-0.2, -0.15) is 0 Å². The van der Waals surface area contributed by atoms with Crippen LogP contribution < -0.4 is 4.90 Å². The van der Waals surface area contributed by atoms with E-state index < -0.39 is 0 Å². The summed E-state index contributed by atoms with van der Waals surface area (Å²) >= 11 is 2.13. The van der Waals surface area contributed by atoms with Gasteiger partial charge in [-0.15, -0.1) is 0 Å². The number of unbranched alkanes of at least 4 members (excludes halogenated alkanes) is 5. The monoisotopic (exact) mass is 390 g/mol. The van der Waals surface area contributed by atoms with Gasteiger partial charge in [0.05, 0.1) is 4.92 Å². The number of rotatable bonds is 9. The van der Waals surface area contributed by atoms with E-state index in [-0.39, 0.29) is 10.6 Å². The number of anilines is 1. The van der Waals surface area contributed by atoms with Crippen molar-refractivity contribution < 1.29 is 4.92 Å². The number of hydrogen-bond donors (Lipinski definition) is 0. The third-order valence-corrected chi connectivity index (χ3v) is 3.99. The van der Waals surface area contributed by atoms with Gasteiger partial charge in [-0.25, -0.2) is 0 Å². The Labute approximate surface area is 134 Å². The molecule has 0 radical (unpaired) electrons. The zero-order valence-electron chi connectivity index (χ0n) is 12.3. The van der Waals surface area contributed by atoms with E-state index in [1.165, 1.54) is 32.1 Å². The molecule has 1 rings (SSSR count). The summed E-state index contributed by atoms with van der Waals surface area (Å²) in [6, 6.07) is 5.24. The van der Waals surface area contributed by atoms with Gasteiger partial charge in [-0.05, 0) is 35.1 Å². The average molecular weight is 390 g/mol. The second kappa shape index (κ2) is 9.15. The summed E-state index contributed by atoms with van der Waals surface area (Å²) in [6.07, 6.45) is 7.56. The molecule has 4 nitrogen and oxygen atoms in total. The maximum atomic E-state index is 10.9. The third-order valence-electron chi connectivity index (χ3n) is 3.37. The highest BCUT2D eigenvalue weighted by atomic mass is 127. The number of hydrogen-bond acceptors (Lipinski definition) is 3. The maximum absolute atomic E-state index is 10.9. The Kier molecular flexibility index (Phi) is 7.87. The van der Waals surface area contributed by atoms with E-state index >= 15 is 0 Å². The fourth-order valence-electron chi connectivity index (χ4n) is 2.14. The molecule has 0 fully saturated rings. The molecule has 0 saturated heterocycles. The Balaban J connectivity index is 2.46. The lowest BCUT2D eigenvalue weighted by atomic mass is 10.1. The number of nitrogens with zero attached hydrogens (tertiary/aromatic N) is 2. The number of non-ortho nitro benzene ring substituents is 1. The van der Waals surface area contributed by atoms with Crippen LogP contribution in [-0.2, 0) is 0 Å². The van der Waals surface area contributed by atoms with Crippen LogP contribution in [0, 0.1) is 13.7 Å². The molecule has 0 heterocycles. The van der Waals surface area contributed by atoms with Gasteiger partial charge in [-0.3, -0.25) is 10.1 Å². The molecule has 112 valence electrons. The van der Waals surface area contributed by atoms with Crippen LogP contribution in [0.4, 0.5) is 11.4 Å². The van der Waals surface area contributed by atoms with E-state index in [0.29, 0.717) is 0 Å². The zero-order chi connectivity index (χ0) is 15.0. The van der Waals surface area contributed by atoms with E-state index in [9.17, 15) is 10.1 Å². The smallest absolute Gasteiger partial charge is 0.272 e. The number of nitro groups is 1. The van der Waals surface area contributed by atoms with Crippen molar-refractivity contribution in [2.75, 3.05) is 18.5 Å². The molecule has 0 aliphatic carbocycles. The topological polar surface area (TPSA) is 46.4 Å². The molecular weight excluding hydrogens is 367 g/mol. The Morgan fingerprint density at radius 2 is 1.80 bits per heavy atom. The van der Waals surface area contributed by atoms with Crippen LogP contribution in [0.2, 0.25) is 0 Å². The summed E-state index contributed by atoms with van der Waals surface area (Å²) in [7, 11) is 2.00. The van der Waals surface area contributed by atoms with Crippen LogP contribution in [-0.4, -0.2) is 18.5 Å². The predicted octanol–water partition coefficient (Wildman–Crippen LogP) is 5.00. The van der Waals surface area contributed by atoms with Gasteiger partial charge in [0.1, 0.15) is 0 Å². The van der Waals surface area contributed by atoms with Gasteiger partial charge < -0.3 is 4.90 Å². The van der Waals surface area contributed by atoms with E-state index in [1.54, 1.807) is 12.1 Å². The van der Waals surface area contributed by atoms with Crippen molar-refractivity contribution in [3.8, 4) is 0 Å². The summed E-state index contributed by atoms with van der Waals surface area (Å²) in [4.78, 5) is 12.6. The fraction of sp³-hybridized carbons (Fsp3) is 0.600. The van der Waals surface area contributed by atoms with Crippen LogP contribution in [0.25, 0.3) is 0 Å². The molecule has 0 amide bonds. The standard InChI is InChI=1S/C15H23IN2O2/c1-3-4-5-6-7-8-9-17(2)14-10-13(16)11-15(12-14)18(19)20/h10-12H,3-9H2,1-2H3. The van der Waals surface area contributed by atoms with E-state index in [1.807, 2.05) is 13.1 Å². The minimum atomic E-state index is -0.329. The van der Waals surface area contributed by atoms with Crippen molar-refractivity contribution in [3.63, 3.8) is 0 Å². The van der Waals surface area contributed by atoms with Crippen molar-refractivity contribution in [2.24, 2.45) is 0 Å². The molecule has 1 aromatic rings. The Morgan fingerprint density at radius 3 is 2.45 bits per heavy atom. The van der Waals surface area contributed by atoms with Crippen LogP contribution in [0.15, 0.2) is 18.2 Å². The third kappa shape index (κ3) is 6.07. The van der Waals surface area contributed by atoms with E-state index in [0.717, 1.165) is 22.2 Å². The fourth-order valence-corrected chi connectivity index (χ4v) is 2.78. The number of nitro benzene ring substituents is 1. The second-order valence-corrected chi connectivity index (χ2v) is 6.36. The quantitative estimate of drug-likeness (QED) is 0.258. The average Bonchev–Trinajstić information content (AvgIpc) is 2.41. The first-order chi connectivity index (χ1) is 9.54. The highest BCUT2D eigenvalue weighted by molar-refractivity contribution is 14.1. The molecule has 0 saturated carbocycles. The van der Waals surface area contributed by atoms with E-state index in [4.69, 9.17) is 0 Å². The first kappa shape index (κ1) is 17.2. The first-order valence-electron chi connectivity index (χ1n) is 7.20. The lowest BCUT2D eigenvalue weighted by molar-refractivity contribution is -0.384. The molecule has 0 unspecified atom stereocenters. The molecule has 0 atom stereocenters. The molecule has 0 bridgehead atoms. The normalized spacial score (nSPS) is 10.6. The van der Waals surface area contributed by atoms with Gasteiger partial charge in [0.15, 0.2) is 0 Å². The number of halogens is 1. The van der Waals surface area contributed by atoms with Crippen molar-refractivity contribution in [3.05, 3.63) is 31.9 Å². The molecular formula is C15H23IN2O2. The Hall–Kier alpha value is -0.850. The minimum absolute atomic E-state index is 0.168. The summed E-state index contributed by atoms with van der Waals surface area (Å²) in [5.74, 6) is 0. The van der Waals surface area contributed by atoms with Gasteiger partial charge in [0, 0.05) is 35.0 Å². The summed E-state index contributed by atoms with van der Waals surface area (Å²) in [5.41, 5.74) is 1.10. The van der Waals surface area contributed by atoms with Gasteiger partial charge in [-0.1, -0.05) is 39.0 Å². The SMILES string of the molecule is CCCCCCCCN(C)c1cc(I)cc([N+](=O)[O-])c1. The van der Waals surface area contributed by atoms with Crippen LogP contribution in [0.5, 0.6) is 0 Å². The molecule has 0 aliphatic heterocycles. The van der Waals surface area contributed by atoms with Crippen LogP contribution in [0.3, 0.4) is 0 Å². The molecule has 20 heavy (non-hydrogen) atoms. The Morgan fingerprint density at radius 1 is 1.15 bits per heavy atom. The minimum Gasteiger partial charge on any atom is -0.374 e. The van der Waals surface area contributed by atoms with Crippen molar-refractivity contribution in [1.82, 2.24) is 0 Å². The molecule has 0 N–H and O–H groups in total. The molecule has 0 aliphatic rings. The summed E-state index contributed by atoms with van der Waals surface area (Å²) in [5, 5.41) is 10.9. The summed E-state index contributed by atoms with van der Waals surface area (Å²) in [6.45, 7) is 3.17.